The van der Waals surface area contributed by atoms with Crippen LogP contribution in [0.3, 0.4) is 0 Å². The lowest BCUT2D eigenvalue weighted by Gasteiger charge is -2.07. The van der Waals surface area contributed by atoms with Gasteiger partial charge in [0, 0.05) is 6.42 Å². The van der Waals surface area contributed by atoms with Crippen LogP contribution in [0.2, 0.25) is 5.02 Å². The number of carbonyl (C=O) groups is 1. The van der Waals surface area contributed by atoms with Crippen LogP contribution in [0.25, 0.3) is 0 Å². The van der Waals surface area contributed by atoms with Crippen LogP contribution in [-0.2, 0) is 9.63 Å². The average Bonchev–Trinajstić information content (AvgIpc) is 2.34. The molecule has 0 unspecified atom stereocenters. The molecule has 0 heterocycles. The molecule has 1 N–H and O–H groups in total. The zero-order valence-electron chi connectivity index (χ0n) is 9.74. The normalized spacial score (nSPS) is 10.0. The fraction of sp³-hybridized carbons (Fsp3) is 0.417. The first kappa shape index (κ1) is 13.8. The number of hydrogen-bond acceptors (Lipinski definition) is 3. The van der Waals surface area contributed by atoms with Gasteiger partial charge >= 0.3 is 0 Å². The van der Waals surface area contributed by atoms with E-state index in [4.69, 9.17) is 21.2 Å². The lowest BCUT2D eigenvalue weighted by atomic mass is 10.3. The van der Waals surface area contributed by atoms with Crippen LogP contribution in [0.15, 0.2) is 24.3 Å². The molecule has 0 fully saturated rings. The molecule has 1 rings (SSSR count). The van der Waals surface area contributed by atoms with Gasteiger partial charge in [-0.1, -0.05) is 23.7 Å². The van der Waals surface area contributed by atoms with E-state index in [0.29, 0.717) is 36.8 Å². The summed E-state index contributed by atoms with van der Waals surface area (Å²) >= 11 is 5.91. The van der Waals surface area contributed by atoms with E-state index in [1.807, 2.05) is 12.1 Å². The molecular formula is C12H16ClNO3. The maximum atomic E-state index is 11.2. The second-order valence-electron chi connectivity index (χ2n) is 3.34. The molecule has 0 bridgehead atoms. The predicted molar refractivity (Wildman–Crippen MR) is 65.9 cm³/mol. The Morgan fingerprint density at radius 3 is 2.88 bits per heavy atom. The summed E-state index contributed by atoms with van der Waals surface area (Å²) in [7, 11) is 0. The zero-order chi connectivity index (χ0) is 12.5. The summed E-state index contributed by atoms with van der Waals surface area (Å²) in [6.45, 7) is 2.71. The minimum atomic E-state index is -0.144. The Kier molecular flexibility index (Phi) is 6.43. The van der Waals surface area contributed by atoms with Crippen molar-refractivity contribution in [1.29, 1.82) is 0 Å². The average molecular weight is 258 g/mol. The number of carbonyl (C=O) groups excluding carboxylic acids is 1. The number of ether oxygens (including phenoxy) is 1. The van der Waals surface area contributed by atoms with E-state index in [9.17, 15) is 4.79 Å². The number of hydroxylamine groups is 1. The van der Waals surface area contributed by atoms with Gasteiger partial charge in [0.2, 0.25) is 5.91 Å². The summed E-state index contributed by atoms with van der Waals surface area (Å²) in [6.07, 6.45) is 0.981. The third kappa shape index (κ3) is 5.56. The van der Waals surface area contributed by atoms with Gasteiger partial charge in [0.15, 0.2) is 0 Å². The minimum Gasteiger partial charge on any atom is -0.492 e. The smallest absolute Gasteiger partial charge is 0.243 e. The second-order valence-corrected chi connectivity index (χ2v) is 3.75. The van der Waals surface area contributed by atoms with Crippen molar-refractivity contribution < 1.29 is 14.4 Å². The Bertz CT molecular complexity index is 357. The summed E-state index contributed by atoms with van der Waals surface area (Å²) in [5.41, 5.74) is 2.32. The van der Waals surface area contributed by atoms with E-state index in [1.54, 1.807) is 19.1 Å². The quantitative estimate of drug-likeness (QED) is 0.603. The topological polar surface area (TPSA) is 47.6 Å². The summed E-state index contributed by atoms with van der Waals surface area (Å²) in [5.74, 6) is 0.494. The summed E-state index contributed by atoms with van der Waals surface area (Å²) in [5, 5.41) is 0.575. The molecule has 5 heteroatoms. The molecule has 0 saturated carbocycles. The number of benzene rings is 1. The lowest BCUT2D eigenvalue weighted by Crippen LogP contribution is -2.23. The van der Waals surface area contributed by atoms with Gasteiger partial charge in [-0.2, -0.15) is 0 Å². The van der Waals surface area contributed by atoms with E-state index in [-0.39, 0.29) is 5.91 Å². The molecule has 0 aromatic heterocycles. The SMILES string of the molecule is CCONC(=O)CCCOc1ccccc1Cl. The van der Waals surface area contributed by atoms with E-state index in [2.05, 4.69) is 5.48 Å². The molecule has 1 aromatic rings. The molecule has 0 spiro atoms. The van der Waals surface area contributed by atoms with Crippen molar-refractivity contribution in [1.82, 2.24) is 5.48 Å². The van der Waals surface area contributed by atoms with Crippen LogP contribution in [0.4, 0.5) is 0 Å². The summed E-state index contributed by atoms with van der Waals surface area (Å²) < 4.78 is 5.44. The van der Waals surface area contributed by atoms with Gasteiger partial charge in [-0.3, -0.25) is 9.63 Å². The van der Waals surface area contributed by atoms with Crippen molar-refractivity contribution in [3.8, 4) is 5.75 Å². The van der Waals surface area contributed by atoms with E-state index in [0.717, 1.165) is 0 Å². The highest BCUT2D eigenvalue weighted by molar-refractivity contribution is 6.32. The van der Waals surface area contributed by atoms with Crippen LogP contribution in [0, 0.1) is 0 Å². The maximum absolute atomic E-state index is 11.2. The van der Waals surface area contributed by atoms with Crippen LogP contribution < -0.4 is 10.2 Å². The van der Waals surface area contributed by atoms with Crippen molar-refractivity contribution >= 4 is 17.5 Å². The molecule has 0 radical (unpaired) electrons. The van der Waals surface area contributed by atoms with Gasteiger partial charge in [0.1, 0.15) is 5.75 Å². The highest BCUT2D eigenvalue weighted by Crippen LogP contribution is 2.23. The van der Waals surface area contributed by atoms with Gasteiger partial charge in [0.25, 0.3) is 0 Å². The molecule has 0 aliphatic heterocycles. The number of para-hydroxylation sites is 1. The Balaban J connectivity index is 2.16. The third-order valence-corrected chi connectivity index (χ3v) is 2.28. The summed E-state index contributed by atoms with van der Waals surface area (Å²) in [6, 6.07) is 7.25. The maximum Gasteiger partial charge on any atom is 0.243 e. The number of halogens is 1. The molecule has 94 valence electrons. The molecule has 0 atom stereocenters. The molecule has 0 aliphatic carbocycles. The van der Waals surface area contributed by atoms with Crippen molar-refractivity contribution in [3.05, 3.63) is 29.3 Å². The third-order valence-electron chi connectivity index (χ3n) is 1.97. The van der Waals surface area contributed by atoms with Gasteiger partial charge < -0.3 is 4.74 Å². The Morgan fingerprint density at radius 1 is 1.41 bits per heavy atom. The van der Waals surface area contributed by atoms with Gasteiger partial charge in [-0.15, -0.1) is 0 Å². The molecule has 0 aliphatic rings. The van der Waals surface area contributed by atoms with Crippen LogP contribution in [-0.4, -0.2) is 19.1 Å². The lowest BCUT2D eigenvalue weighted by molar-refractivity contribution is -0.133. The number of nitrogens with one attached hydrogen (secondary N) is 1. The molecule has 0 saturated heterocycles. The van der Waals surface area contributed by atoms with E-state index >= 15 is 0 Å². The fourth-order valence-electron chi connectivity index (χ4n) is 1.18. The van der Waals surface area contributed by atoms with Gasteiger partial charge in [0.05, 0.1) is 18.2 Å². The van der Waals surface area contributed by atoms with Crippen molar-refractivity contribution in [3.63, 3.8) is 0 Å². The Labute approximate surface area is 106 Å². The van der Waals surface area contributed by atoms with E-state index < -0.39 is 0 Å². The highest BCUT2D eigenvalue weighted by atomic mass is 35.5. The number of hydrogen-bond donors (Lipinski definition) is 1. The van der Waals surface area contributed by atoms with Crippen molar-refractivity contribution in [2.75, 3.05) is 13.2 Å². The largest absolute Gasteiger partial charge is 0.492 e. The monoisotopic (exact) mass is 257 g/mol. The molecule has 1 amide bonds. The van der Waals surface area contributed by atoms with Crippen molar-refractivity contribution in [2.45, 2.75) is 19.8 Å². The summed E-state index contributed by atoms with van der Waals surface area (Å²) in [4.78, 5) is 15.9. The Hall–Kier alpha value is -1.26. The zero-order valence-corrected chi connectivity index (χ0v) is 10.5. The minimum absolute atomic E-state index is 0.144. The van der Waals surface area contributed by atoms with Gasteiger partial charge in [-0.05, 0) is 25.5 Å². The first-order chi connectivity index (χ1) is 8.24. The fourth-order valence-corrected chi connectivity index (χ4v) is 1.37. The second kappa shape index (κ2) is 7.92. The Morgan fingerprint density at radius 2 is 2.18 bits per heavy atom. The predicted octanol–water partition coefficient (Wildman–Crippen LogP) is 2.57. The first-order valence-electron chi connectivity index (χ1n) is 5.52. The number of amides is 1. The van der Waals surface area contributed by atoms with Crippen molar-refractivity contribution in [2.24, 2.45) is 0 Å². The van der Waals surface area contributed by atoms with Crippen LogP contribution >= 0.6 is 11.6 Å². The molecule has 4 nitrogen and oxygen atoms in total. The number of rotatable bonds is 7. The molecule has 17 heavy (non-hydrogen) atoms. The van der Waals surface area contributed by atoms with Crippen LogP contribution in [0.1, 0.15) is 19.8 Å². The van der Waals surface area contributed by atoms with Gasteiger partial charge in [-0.25, -0.2) is 5.48 Å². The van der Waals surface area contributed by atoms with E-state index in [1.165, 1.54) is 0 Å². The first-order valence-corrected chi connectivity index (χ1v) is 5.89. The highest BCUT2D eigenvalue weighted by Gasteiger charge is 2.02. The molecular weight excluding hydrogens is 242 g/mol. The van der Waals surface area contributed by atoms with Crippen LogP contribution in [0.5, 0.6) is 5.75 Å². The standard InChI is InChI=1S/C12H16ClNO3/c1-2-17-14-12(15)8-5-9-16-11-7-4-3-6-10(11)13/h3-4,6-7H,2,5,8-9H2,1H3,(H,14,15). The molecule has 1 aromatic carbocycles.